The van der Waals surface area contributed by atoms with Gasteiger partial charge in [-0.3, -0.25) is 15.0 Å². The average molecular weight is 524 g/mol. The van der Waals surface area contributed by atoms with Crippen molar-refractivity contribution in [3.8, 4) is 0 Å². The molecule has 9 nitrogen and oxygen atoms in total. The first kappa shape index (κ1) is 23.5. The van der Waals surface area contributed by atoms with Crippen molar-refractivity contribution < 1.29 is 18.0 Å². The highest BCUT2D eigenvalue weighted by molar-refractivity contribution is 7.89. The molecule has 2 fully saturated rings. The zero-order chi connectivity index (χ0) is 24.1. The first-order valence-electron chi connectivity index (χ1n) is 11.3. The molecule has 1 atom stereocenters. The maximum absolute atomic E-state index is 13.4. The molecule has 2 aromatic rings. The summed E-state index contributed by atoms with van der Waals surface area (Å²) in [7, 11) is -3.63. The fraction of sp³-hybridized carbons (Fsp3) is 0.500. The molecule has 1 aromatic heterocycles. The van der Waals surface area contributed by atoms with Gasteiger partial charge in [-0.1, -0.05) is 29.4 Å². The van der Waals surface area contributed by atoms with E-state index >= 15 is 0 Å². The number of likely N-dealkylation sites (tertiary alicyclic amines) is 1. The van der Waals surface area contributed by atoms with Gasteiger partial charge in [-0.2, -0.15) is 4.31 Å². The normalized spacial score (nSPS) is 22.9. The number of carbonyl (C=O) groups excluding carboxylic acids is 2. The SMILES string of the molecule is CC(=O)N1CCC2(C1)CN(C(=O)Nc1ncc(Cl)s1)c1ccc(S(=O)(=O)N3CCCCC3)cc12. The van der Waals surface area contributed by atoms with Crippen molar-refractivity contribution in [2.24, 2.45) is 0 Å². The van der Waals surface area contributed by atoms with Gasteiger partial charge in [0.2, 0.25) is 15.9 Å². The number of hydrogen-bond donors (Lipinski definition) is 1. The Labute approximate surface area is 207 Å². The molecule has 3 aliphatic rings. The number of hydrogen-bond acceptors (Lipinski definition) is 6. The monoisotopic (exact) mass is 523 g/mol. The molecule has 1 spiro atoms. The minimum atomic E-state index is -3.63. The highest BCUT2D eigenvalue weighted by atomic mass is 35.5. The minimum Gasteiger partial charge on any atom is -0.342 e. The van der Waals surface area contributed by atoms with Crippen LogP contribution in [0.5, 0.6) is 0 Å². The number of sulfonamides is 1. The molecule has 1 N–H and O–H groups in total. The lowest BCUT2D eigenvalue weighted by Gasteiger charge is -2.27. The zero-order valence-electron chi connectivity index (χ0n) is 18.8. The molecule has 0 radical (unpaired) electrons. The summed E-state index contributed by atoms with van der Waals surface area (Å²) in [6, 6.07) is 4.65. The lowest BCUT2D eigenvalue weighted by atomic mass is 9.81. The molecule has 0 bridgehead atoms. The molecule has 182 valence electrons. The second-order valence-corrected chi connectivity index (χ2v) is 12.7. The van der Waals surface area contributed by atoms with E-state index in [0.717, 1.165) is 36.2 Å². The highest BCUT2D eigenvalue weighted by Crippen LogP contribution is 2.47. The summed E-state index contributed by atoms with van der Waals surface area (Å²) in [5, 5.41) is 3.17. The summed E-state index contributed by atoms with van der Waals surface area (Å²) < 4.78 is 28.8. The maximum Gasteiger partial charge on any atom is 0.328 e. The van der Waals surface area contributed by atoms with Crippen molar-refractivity contribution in [3.63, 3.8) is 0 Å². The Kier molecular flexibility index (Phi) is 6.07. The number of urea groups is 1. The van der Waals surface area contributed by atoms with Crippen molar-refractivity contribution in [2.45, 2.75) is 42.9 Å². The second-order valence-electron chi connectivity index (χ2n) is 9.10. The van der Waals surface area contributed by atoms with Crippen molar-refractivity contribution in [1.29, 1.82) is 0 Å². The molecule has 3 aliphatic heterocycles. The van der Waals surface area contributed by atoms with Gasteiger partial charge in [0.25, 0.3) is 0 Å². The molecule has 5 rings (SSSR count). The number of rotatable bonds is 3. The quantitative estimate of drug-likeness (QED) is 0.663. The molecule has 4 heterocycles. The predicted octanol–water partition coefficient (Wildman–Crippen LogP) is 3.51. The van der Waals surface area contributed by atoms with Gasteiger partial charge in [-0.25, -0.2) is 18.2 Å². The van der Waals surface area contributed by atoms with E-state index < -0.39 is 15.4 Å². The van der Waals surface area contributed by atoms with Crippen LogP contribution in [-0.2, 0) is 20.2 Å². The van der Waals surface area contributed by atoms with Gasteiger partial charge in [0.05, 0.1) is 11.1 Å². The number of fused-ring (bicyclic) bond motifs is 2. The molecule has 0 saturated carbocycles. The predicted molar refractivity (Wildman–Crippen MR) is 131 cm³/mol. The molecule has 12 heteroatoms. The fourth-order valence-electron chi connectivity index (χ4n) is 5.21. The molecular weight excluding hydrogens is 498 g/mol. The third-order valence-electron chi connectivity index (χ3n) is 6.98. The maximum atomic E-state index is 13.4. The van der Waals surface area contributed by atoms with E-state index in [0.29, 0.717) is 54.3 Å². The lowest BCUT2D eigenvalue weighted by molar-refractivity contribution is -0.127. The molecule has 34 heavy (non-hydrogen) atoms. The molecule has 1 aromatic carbocycles. The number of benzene rings is 1. The topological polar surface area (TPSA) is 103 Å². The van der Waals surface area contributed by atoms with Crippen LogP contribution in [-0.4, -0.2) is 67.3 Å². The zero-order valence-corrected chi connectivity index (χ0v) is 21.2. The number of carbonyl (C=O) groups is 2. The first-order chi connectivity index (χ1) is 16.2. The van der Waals surface area contributed by atoms with Crippen LogP contribution in [0.3, 0.4) is 0 Å². The number of anilines is 2. The summed E-state index contributed by atoms with van der Waals surface area (Å²) in [6.45, 7) is 3.93. The van der Waals surface area contributed by atoms with Gasteiger partial charge in [0, 0.05) is 50.7 Å². The van der Waals surface area contributed by atoms with Crippen molar-refractivity contribution >= 4 is 55.7 Å². The van der Waals surface area contributed by atoms with Crippen molar-refractivity contribution in [1.82, 2.24) is 14.2 Å². The van der Waals surface area contributed by atoms with Crippen LogP contribution in [0.2, 0.25) is 4.34 Å². The van der Waals surface area contributed by atoms with Crippen LogP contribution in [0.15, 0.2) is 29.3 Å². The summed E-state index contributed by atoms with van der Waals surface area (Å²) in [5.74, 6) is -0.0316. The minimum absolute atomic E-state index is 0.0316. The van der Waals surface area contributed by atoms with Crippen molar-refractivity contribution in [2.75, 3.05) is 42.9 Å². The number of halogens is 1. The molecule has 0 aliphatic carbocycles. The van der Waals surface area contributed by atoms with E-state index in [9.17, 15) is 18.0 Å². The van der Waals surface area contributed by atoms with E-state index in [-0.39, 0.29) is 16.8 Å². The first-order valence-corrected chi connectivity index (χ1v) is 13.9. The van der Waals surface area contributed by atoms with E-state index in [2.05, 4.69) is 10.3 Å². The van der Waals surface area contributed by atoms with Crippen LogP contribution in [0.25, 0.3) is 0 Å². The largest absolute Gasteiger partial charge is 0.342 e. The fourth-order valence-corrected chi connectivity index (χ4v) is 7.55. The Hall–Kier alpha value is -2.21. The molecular formula is C22H26ClN5O4S2. The number of nitrogens with one attached hydrogen (secondary N) is 1. The summed E-state index contributed by atoms with van der Waals surface area (Å²) in [4.78, 5) is 33.0. The Morgan fingerprint density at radius 3 is 2.56 bits per heavy atom. The number of thiazole rings is 1. The number of amides is 3. The molecule has 3 amide bonds. The number of piperidine rings is 1. The van der Waals surface area contributed by atoms with E-state index in [1.807, 2.05) is 0 Å². The van der Waals surface area contributed by atoms with Crippen LogP contribution < -0.4 is 10.2 Å². The Bertz CT molecular complexity index is 1240. The third kappa shape index (κ3) is 4.08. The van der Waals surface area contributed by atoms with Gasteiger partial charge in [0.1, 0.15) is 4.34 Å². The molecule has 1 unspecified atom stereocenters. The second kappa shape index (κ2) is 8.78. The van der Waals surface area contributed by atoms with Gasteiger partial charge >= 0.3 is 6.03 Å². The Balaban J connectivity index is 1.52. The van der Waals surface area contributed by atoms with Gasteiger partial charge < -0.3 is 4.90 Å². The van der Waals surface area contributed by atoms with Crippen LogP contribution in [0.1, 0.15) is 38.2 Å². The summed E-state index contributed by atoms with van der Waals surface area (Å²) in [5.41, 5.74) is 0.927. The van der Waals surface area contributed by atoms with E-state index in [1.165, 1.54) is 13.1 Å². The van der Waals surface area contributed by atoms with Gasteiger partial charge in [0.15, 0.2) is 5.13 Å². The summed E-state index contributed by atoms with van der Waals surface area (Å²) >= 11 is 7.11. The number of nitrogens with zero attached hydrogens (tertiary/aromatic N) is 4. The average Bonchev–Trinajstić information content (AvgIpc) is 3.52. The standard InChI is InChI=1S/C22H26ClN5O4S2/c1-15(29)26-10-7-22(13-26)14-28(21(30)25-20-24-12-19(23)33-20)18-6-5-16(11-17(18)22)34(31,32)27-8-3-2-4-9-27/h5-6,11-12H,2-4,7-10,13-14H2,1H3,(H,24,25,30). The van der Waals surface area contributed by atoms with Crippen LogP contribution in [0, 0.1) is 0 Å². The van der Waals surface area contributed by atoms with Crippen molar-refractivity contribution in [3.05, 3.63) is 34.3 Å². The van der Waals surface area contributed by atoms with Crippen LogP contribution >= 0.6 is 22.9 Å². The molecule has 2 saturated heterocycles. The smallest absolute Gasteiger partial charge is 0.328 e. The highest BCUT2D eigenvalue weighted by Gasteiger charge is 2.50. The van der Waals surface area contributed by atoms with Gasteiger partial charge in [-0.05, 0) is 43.0 Å². The van der Waals surface area contributed by atoms with Crippen LogP contribution in [0.4, 0.5) is 15.6 Å². The lowest BCUT2D eigenvalue weighted by Crippen LogP contribution is -2.41. The van der Waals surface area contributed by atoms with Gasteiger partial charge in [-0.15, -0.1) is 0 Å². The number of aromatic nitrogens is 1. The Morgan fingerprint density at radius 1 is 1.15 bits per heavy atom. The van der Waals surface area contributed by atoms with E-state index in [4.69, 9.17) is 11.6 Å². The third-order valence-corrected chi connectivity index (χ3v) is 9.90. The van der Waals surface area contributed by atoms with E-state index in [1.54, 1.807) is 32.3 Å². The summed E-state index contributed by atoms with van der Waals surface area (Å²) in [6.07, 6.45) is 4.88. The Morgan fingerprint density at radius 2 is 1.91 bits per heavy atom.